The average Bonchev–Trinajstić information content (AvgIpc) is 2.71. The molecule has 0 spiro atoms. The molecule has 1 aliphatic heterocycles. The second-order valence-corrected chi connectivity index (χ2v) is 10.9. The summed E-state index contributed by atoms with van der Waals surface area (Å²) in [6.45, 7) is 8.10. The van der Waals surface area contributed by atoms with E-state index in [0.29, 0.717) is 30.7 Å². The van der Waals surface area contributed by atoms with E-state index in [4.69, 9.17) is 4.74 Å². The van der Waals surface area contributed by atoms with Gasteiger partial charge in [0.25, 0.3) is 0 Å². The van der Waals surface area contributed by atoms with E-state index in [1.807, 2.05) is 20.8 Å². The van der Waals surface area contributed by atoms with Gasteiger partial charge in [0, 0.05) is 25.6 Å². The van der Waals surface area contributed by atoms with Gasteiger partial charge in [0.15, 0.2) is 0 Å². The molecule has 0 aromatic carbocycles. The highest BCUT2D eigenvalue weighted by atomic mass is 16.6. The van der Waals surface area contributed by atoms with Gasteiger partial charge in [0.05, 0.1) is 6.10 Å². The van der Waals surface area contributed by atoms with Gasteiger partial charge in [-0.1, -0.05) is 19.3 Å². The molecule has 0 aromatic rings. The Morgan fingerprint density at radius 1 is 0.967 bits per heavy atom. The average molecular weight is 423 g/mol. The molecular weight excluding hydrogens is 380 g/mol. The van der Waals surface area contributed by atoms with Crippen LogP contribution in [0.3, 0.4) is 0 Å². The lowest BCUT2D eigenvalue weighted by Gasteiger charge is -2.41. The maximum Gasteiger partial charge on any atom is 0.407 e. The third kappa shape index (κ3) is 6.86. The lowest BCUT2D eigenvalue weighted by atomic mass is 9.72. The summed E-state index contributed by atoms with van der Waals surface area (Å²) in [5.41, 5.74) is -0.458. The molecule has 172 valence electrons. The quantitative estimate of drug-likeness (QED) is 0.715. The van der Waals surface area contributed by atoms with E-state index in [-0.39, 0.29) is 24.0 Å². The summed E-state index contributed by atoms with van der Waals surface area (Å²) >= 11 is 0. The molecule has 2 saturated carbocycles. The number of nitrogens with zero attached hydrogens (tertiary/aromatic N) is 1. The van der Waals surface area contributed by atoms with Crippen LogP contribution in [0.4, 0.5) is 4.79 Å². The molecule has 3 rings (SSSR count). The number of amides is 2. The molecule has 0 aromatic heterocycles. The topological polar surface area (TPSA) is 78.9 Å². The van der Waals surface area contributed by atoms with Crippen LogP contribution < -0.4 is 5.32 Å². The van der Waals surface area contributed by atoms with Crippen molar-refractivity contribution in [3.8, 4) is 0 Å². The molecule has 0 radical (unpaired) electrons. The van der Waals surface area contributed by atoms with Gasteiger partial charge in [-0.3, -0.25) is 4.79 Å². The molecule has 0 bridgehead atoms. The largest absolute Gasteiger partial charge is 0.444 e. The number of hydrogen-bond donors (Lipinski definition) is 2. The number of likely N-dealkylation sites (tertiary alicyclic amines) is 1. The summed E-state index contributed by atoms with van der Waals surface area (Å²) in [6, 6.07) is 0. The van der Waals surface area contributed by atoms with Crippen LogP contribution in [-0.4, -0.2) is 53.3 Å². The minimum Gasteiger partial charge on any atom is -0.444 e. The van der Waals surface area contributed by atoms with E-state index < -0.39 is 5.60 Å². The lowest BCUT2D eigenvalue weighted by Crippen LogP contribution is -2.45. The highest BCUT2D eigenvalue weighted by Crippen LogP contribution is 2.38. The number of ether oxygens (including phenoxy) is 1. The summed E-state index contributed by atoms with van der Waals surface area (Å²) in [4.78, 5) is 26.9. The number of piperidine rings is 1. The Bertz CT molecular complexity index is 580. The van der Waals surface area contributed by atoms with Crippen molar-refractivity contribution in [2.45, 2.75) is 96.7 Å². The van der Waals surface area contributed by atoms with Gasteiger partial charge in [0.1, 0.15) is 5.60 Å². The van der Waals surface area contributed by atoms with Crippen molar-refractivity contribution in [1.29, 1.82) is 0 Å². The Morgan fingerprint density at radius 2 is 1.67 bits per heavy atom. The van der Waals surface area contributed by atoms with Crippen LogP contribution in [0, 0.1) is 23.7 Å². The highest BCUT2D eigenvalue weighted by Gasteiger charge is 2.35. The van der Waals surface area contributed by atoms with E-state index >= 15 is 0 Å². The number of rotatable bonds is 4. The monoisotopic (exact) mass is 422 g/mol. The first-order chi connectivity index (χ1) is 14.2. The van der Waals surface area contributed by atoms with Gasteiger partial charge in [-0.05, 0) is 83.5 Å². The smallest absolute Gasteiger partial charge is 0.407 e. The molecule has 4 unspecified atom stereocenters. The van der Waals surface area contributed by atoms with Crippen molar-refractivity contribution in [3.05, 3.63) is 0 Å². The molecule has 2 amide bonds. The van der Waals surface area contributed by atoms with Crippen molar-refractivity contribution >= 4 is 12.0 Å². The van der Waals surface area contributed by atoms with Crippen molar-refractivity contribution in [2.24, 2.45) is 23.7 Å². The first-order valence-corrected chi connectivity index (χ1v) is 12.1. The molecule has 30 heavy (non-hydrogen) atoms. The Kier molecular flexibility index (Phi) is 8.05. The number of nitrogens with one attached hydrogen (secondary N) is 1. The molecule has 3 aliphatic rings. The van der Waals surface area contributed by atoms with Gasteiger partial charge in [-0.2, -0.15) is 0 Å². The molecule has 6 heteroatoms. The summed E-state index contributed by atoms with van der Waals surface area (Å²) in [7, 11) is 0. The maximum absolute atomic E-state index is 12.8. The van der Waals surface area contributed by atoms with Gasteiger partial charge in [-0.15, -0.1) is 0 Å². The Balaban J connectivity index is 1.40. The molecule has 1 heterocycles. The summed E-state index contributed by atoms with van der Waals surface area (Å²) in [5, 5.41) is 12.9. The minimum absolute atomic E-state index is 0.0308. The standard InChI is InChI=1S/C24H42N2O4/c1-24(2,3)30-23(29)25-16-17-6-4-7-19(14-17)18-10-12-26(13-11-18)22(28)20-8-5-9-21(27)15-20/h17-21,27H,4-16H2,1-3H3,(H,25,29). The Morgan fingerprint density at radius 3 is 2.33 bits per heavy atom. The van der Waals surface area contributed by atoms with Crippen LogP contribution in [-0.2, 0) is 9.53 Å². The fourth-order valence-corrected chi connectivity index (χ4v) is 5.73. The van der Waals surface area contributed by atoms with E-state index in [9.17, 15) is 14.7 Å². The summed E-state index contributed by atoms with van der Waals surface area (Å²) < 4.78 is 5.36. The summed E-state index contributed by atoms with van der Waals surface area (Å²) in [5.74, 6) is 2.23. The van der Waals surface area contributed by atoms with Gasteiger partial charge in [0.2, 0.25) is 5.91 Å². The van der Waals surface area contributed by atoms with E-state index in [1.54, 1.807) is 0 Å². The zero-order valence-corrected chi connectivity index (χ0v) is 19.2. The van der Waals surface area contributed by atoms with E-state index in [2.05, 4.69) is 10.2 Å². The van der Waals surface area contributed by atoms with Crippen molar-refractivity contribution in [2.75, 3.05) is 19.6 Å². The maximum atomic E-state index is 12.8. The predicted molar refractivity (Wildman–Crippen MR) is 117 cm³/mol. The minimum atomic E-state index is -0.458. The number of hydrogen-bond acceptors (Lipinski definition) is 4. The second kappa shape index (κ2) is 10.3. The zero-order valence-electron chi connectivity index (χ0n) is 19.2. The summed E-state index contributed by atoms with van der Waals surface area (Å²) in [6.07, 6.45) is 9.82. The second-order valence-electron chi connectivity index (χ2n) is 10.9. The molecule has 6 nitrogen and oxygen atoms in total. The van der Waals surface area contributed by atoms with E-state index in [1.165, 1.54) is 25.7 Å². The van der Waals surface area contributed by atoms with Crippen LogP contribution in [0.1, 0.15) is 85.0 Å². The molecule has 4 atom stereocenters. The number of aliphatic hydroxyl groups is 1. The normalized spacial score (nSPS) is 31.3. The Hall–Kier alpha value is -1.30. The van der Waals surface area contributed by atoms with Gasteiger partial charge >= 0.3 is 6.09 Å². The molecule has 2 N–H and O–H groups in total. The van der Waals surface area contributed by atoms with Crippen LogP contribution >= 0.6 is 0 Å². The number of alkyl carbamates (subject to hydrolysis) is 1. The fraction of sp³-hybridized carbons (Fsp3) is 0.917. The Labute approximate surface area is 182 Å². The fourth-order valence-electron chi connectivity index (χ4n) is 5.73. The molecule has 2 aliphatic carbocycles. The van der Waals surface area contributed by atoms with Crippen LogP contribution in [0.15, 0.2) is 0 Å². The predicted octanol–water partition coefficient (Wildman–Crippen LogP) is 4.11. The zero-order chi connectivity index (χ0) is 21.7. The third-order valence-electron chi connectivity index (χ3n) is 7.27. The molecule has 1 saturated heterocycles. The van der Waals surface area contributed by atoms with Gasteiger partial charge in [-0.25, -0.2) is 4.79 Å². The lowest BCUT2D eigenvalue weighted by molar-refractivity contribution is -0.139. The van der Waals surface area contributed by atoms with Crippen LogP contribution in [0.25, 0.3) is 0 Å². The van der Waals surface area contributed by atoms with Crippen molar-refractivity contribution in [1.82, 2.24) is 10.2 Å². The number of aliphatic hydroxyl groups excluding tert-OH is 1. The first-order valence-electron chi connectivity index (χ1n) is 12.1. The van der Waals surface area contributed by atoms with E-state index in [0.717, 1.165) is 45.2 Å². The molecule has 3 fully saturated rings. The highest BCUT2D eigenvalue weighted by molar-refractivity contribution is 5.79. The van der Waals surface area contributed by atoms with Crippen LogP contribution in [0.2, 0.25) is 0 Å². The number of carbonyl (C=O) groups excluding carboxylic acids is 2. The van der Waals surface area contributed by atoms with Gasteiger partial charge < -0.3 is 20.1 Å². The van der Waals surface area contributed by atoms with Crippen molar-refractivity contribution < 1.29 is 19.4 Å². The first kappa shape index (κ1) is 23.4. The SMILES string of the molecule is CC(C)(C)OC(=O)NCC1CCCC(C2CCN(C(=O)C3CCCC(O)C3)CC2)C1. The van der Waals surface area contributed by atoms with Crippen molar-refractivity contribution in [3.63, 3.8) is 0 Å². The third-order valence-corrected chi connectivity index (χ3v) is 7.27. The number of carbonyl (C=O) groups is 2. The molecular formula is C24H42N2O4. The van der Waals surface area contributed by atoms with Crippen LogP contribution in [0.5, 0.6) is 0 Å².